The van der Waals surface area contributed by atoms with Crippen LogP contribution in [0.1, 0.15) is 6.92 Å². The third-order valence-corrected chi connectivity index (χ3v) is 2.72. The summed E-state index contributed by atoms with van der Waals surface area (Å²) in [6, 6.07) is 12.6. The molecule has 0 saturated carbocycles. The number of aliphatic carboxylic acids is 1. The average Bonchev–Trinajstić information content (AvgIpc) is 2.44. The SMILES string of the molecule is CCOC(=O)C(Oc1cccc2ccccc12)C(=O)O. The third-order valence-electron chi connectivity index (χ3n) is 2.72. The van der Waals surface area contributed by atoms with Crippen molar-refractivity contribution in [2.45, 2.75) is 13.0 Å². The summed E-state index contributed by atoms with van der Waals surface area (Å²) in [5.41, 5.74) is 0. The van der Waals surface area contributed by atoms with Crippen molar-refractivity contribution in [2.24, 2.45) is 0 Å². The number of carboxylic acids is 1. The highest BCUT2D eigenvalue weighted by molar-refractivity contribution is 5.98. The molecule has 0 bridgehead atoms. The Bertz CT molecular complexity index is 630. The number of fused-ring (bicyclic) bond motifs is 1. The molecule has 0 fully saturated rings. The normalized spacial score (nSPS) is 11.8. The van der Waals surface area contributed by atoms with E-state index >= 15 is 0 Å². The first-order valence-corrected chi connectivity index (χ1v) is 6.17. The Morgan fingerprint density at radius 1 is 1.15 bits per heavy atom. The van der Waals surface area contributed by atoms with Crippen molar-refractivity contribution < 1.29 is 24.2 Å². The number of hydrogen-bond donors (Lipinski definition) is 1. The van der Waals surface area contributed by atoms with Crippen LogP contribution in [0.3, 0.4) is 0 Å². The maximum atomic E-state index is 11.6. The van der Waals surface area contributed by atoms with E-state index in [1.165, 1.54) is 0 Å². The molecule has 0 aliphatic carbocycles. The number of ether oxygens (including phenoxy) is 2. The van der Waals surface area contributed by atoms with Gasteiger partial charge in [0.25, 0.3) is 6.10 Å². The largest absolute Gasteiger partial charge is 0.478 e. The van der Waals surface area contributed by atoms with E-state index in [0.29, 0.717) is 5.75 Å². The number of carbonyl (C=O) groups is 2. The van der Waals surface area contributed by atoms with E-state index in [0.717, 1.165) is 10.8 Å². The second-order valence-corrected chi connectivity index (χ2v) is 4.07. The monoisotopic (exact) mass is 274 g/mol. The molecule has 0 aromatic heterocycles. The molecule has 0 radical (unpaired) electrons. The van der Waals surface area contributed by atoms with Crippen LogP contribution in [0.25, 0.3) is 10.8 Å². The third kappa shape index (κ3) is 2.88. The minimum atomic E-state index is -1.67. The maximum Gasteiger partial charge on any atom is 0.359 e. The summed E-state index contributed by atoms with van der Waals surface area (Å²) in [5.74, 6) is -1.95. The highest BCUT2D eigenvalue weighted by Crippen LogP contribution is 2.26. The van der Waals surface area contributed by atoms with Crippen molar-refractivity contribution in [3.63, 3.8) is 0 Å². The van der Waals surface area contributed by atoms with Gasteiger partial charge in [0.05, 0.1) is 6.61 Å². The van der Waals surface area contributed by atoms with Crippen molar-refractivity contribution >= 4 is 22.7 Å². The molecule has 20 heavy (non-hydrogen) atoms. The van der Waals surface area contributed by atoms with E-state index in [1.807, 2.05) is 24.3 Å². The fourth-order valence-corrected chi connectivity index (χ4v) is 1.84. The lowest BCUT2D eigenvalue weighted by molar-refractivity contribution is -0.162. The number of esters is 1. The second kappa shape index (κ2) is 6.06. The van der Waals surface area contributed by atoms with Gasteiger partial charge in [-0.05, 0) is 18.4 Å². The summed E-state index contributed by atoms with van der Waals surface area (Å²) in [5, 5.41) is 10.7. The molecule has 2 aromatic rings. The molecule has 104 valence electrons. The van der Waals surface area contributed by atoms with E-state index in [2.05, 4.69) is 0 Å². The van der Waals surface area contributed by atoms with Crippen molar-refractivity contribution in [1.82, 2.24) is 0 Å². The van der Waals surface area contributed by atoms with Crippen LogP contribution in [-0.4, -0.2) is 29.8 Å². The smallest absolute Gasteiger partial charge is 0.359 e. The van der Waals surface area contributed by atoms with Gasteiger partial charge in [0.1, 0.15) is 5.75 Å². The van der Waals surface area contributed by atoms with Crippen LogP contribution in [0, 0.1) is 0 Å². The number of hydrogen-bond acceptors (Lipinski definition) is 4. The first kappa shape index (κ1) is 13.9. The topological polar surface area (TPSA) is 72.8 Å². The Balaban J connectivity index is 2.34. The molecule has 1 N–H and O–H groups in total. The predicted molar refractivity (Wildman–Crippen MR) is 72.6 cm³/mol. The minimum absolute atomic E-state index is 0.0987. The van der Waals surface area contributed by atoms with Crippen molar-refractivity contribution in [3.05, 3.63) is 42.5 Å². The quantitative estimate of drug-likeness (QED) is 0.668. The van der Waals surface area contributed by atoms with Gasteiger partial charge in [-0.2, -0.15) is 0 Å². The van der Waals surface area contributed by atoms with Crippen molar-refractivity contribution in [2.75, 3.05) is 6.61 Å². The fraction of sp³-hybridized carbons (Fsp3) is 0.200. The highest BCUT2D eigenvalue weighted by atomic mass is 16.6. The van der Waals surface area contributed by atoms with E-state index in [9.17, 15) is 9.59 Å². The molecule has 0 saturated heterocycles. The Hall–Kier alpha value is -2.56. The predicted octanol–water partition coefficient (Wildman–Crippen LogP) is 2.23. The summed E-state index contributed by atoms with van der Waals surface area (Å²) >= 11 is 0. The van der Waals surface area contributed by atoms with Gasteiger partial charge in [-0.25, -0.2) is 9.59 Å². The Morgan fingerprint density at radius 3 is 2.55 bits per heavy atom. The fourth-order valence-electron chi connectivity index (χ4n) is 1.84. The summed E-state index contributed by atoms with van der Waals surface area (Å²) in [6.45, 7) is 1.70. The van der Waals surface area contributed by atoms with Crippen LogP contribution in [0.5, 0.6) is 5.75 Å². The molecular weight excluding hydrogens is 260 g/mol. The van der Waals surface area contributed by atoms with E-state index in [-0.39, 0.29) is 6.61 Å². The van der Waals surface area contributed by atoms with Crippen LogP contribution in [0.4, 0.5) is 0 Å². The average molecular weight is 274 g/mol. The molecule has 2 rings (SSSR count). The molecule has 0 spiro atoms. The van der Waals surface area contributed by atoms with Gasteiger partial charge in [0, 0.05) is 5.39 Å². The maximum absolute atomic E-state index is 11.6. The van der Waals surface area contributed by atoms with E-state index < -0.39 is 18.0 Å². The molecule has 0 aliphatic heterocycles. The van der Waals surface area contributed by atoms with Gasteiger partial charge in [-0.3, -0.25) is 0 Å². The van der Waals surface area contributed by atoms with Gasteiger partial charge in [0.2, 0.25) is 0 Å². The summed E-state index contributed by atoms with van der Waals surface area (Å²) in [6.07, 6.45) is -1.67. The zero-order valence-electron chi connectivity index (χ0n) is 10.9. The molecule has 5 nitrogen and oxygen atoms in total. The first-order valence-electron chi connectivity index (χ1n) is 6.17. The summed E-state index contributed by atoms with van der Waals surface area (Å²) < 4.78 is 10.0. The second-order valence-electron chi connectivity index (χ2n) is 4.07. The van der Waals surface area contributed by atoms with Gasteiger partial charge in [-0.1, -0.05) is 36.4 Å². The van der Waals surface area contributed by atoms with Crippen LogP contribution in [0.15, 0.2) is 42.5 Å². The van der Waals surface area contributed by atoms with Gasteiger partial charge < -0.3 is 14.6 Å². The highest BCUT2D eigenvalue weighted by Gasteiger charge is 2.30. The lowest BCUT2D eigenvalue weighted by Crippen LogP contribution is -2.37. The lowest BCUT2D eigenvalue weighted by Gasteiger charge is -2.15. The Morgan fingerprint density at radius 2 is 1.85 bits per heavy atom. The number of carboxylic acid groups (broad SMARTS) is 1. The lowest BCUT2D eigenvalue weighted by atomic mass is 10.1. The van der Waals surface area contributed by atoms with Crippen LogP contribution < -0.4 is 4.74 Å². The van der Waals surface area contributed by atoms with Crippen LogP contribution >= 0.6 is 0 Å². The van der Waals surface area contributed by atoms with Crippen LogP contribution in [0.2, 0.25) is 0 Å². The van der Waals surface area contributed by atoms with Gasteiger partial charge in [0.15, 0.2) is 0 Å². The minimum Gasteiger partial charge on any atom is -0.478 e. The molecule has 0 heterocycles. The zero-order valence-corrected chi connectivity index (χ0v) is 10.9. The van der Waals surface area contributed by atoms with Gasteiger partial charge in [-0.15, -0.1) is 0 Å². The molecule has 1 unspecified atom stereocenters. The molecule has 0 aliphatic rings. The summed E-state index contributed by atoms with van der Waals surface area (Å²) in [7, 11) is 0. The molecule has 5 heteroatoms. The van der Waals surface area contributed by atoms with E-state index in [1.54, 1.807) is 25.1 Å². The number of benzene rings is 2. The Labute approximate surface area is 115 Å². The number of carbonyl (C=O) groups excluding carboxylic acids is 1. The van der Waals surface area contributed by atoms with Crippen molar-refractivity contribution in [3.8, 4) is 5.75 Å². The molecule has 0 amide bonds. The molecule has 2 aromatic carbocycles. The number of rotatable bonds is 5. The first-order chi connectivity index (χ1) is 9.63. The standard InChI is InChI=1S/C15H14O5/c1-2-19-15(18)13(14(16)17)20-12-9-5-7-10-6-3-4-8-11(10)12/h3-9,13H,2H2,1H3,(H,16,17). The molecule has 1 atom stereocenters. The van der Waals surface area contributed by atoms with Crippen LogP contribution in [-0.2, 0) is 14.3 Å². The molecular formula is C15H14O5. The zero-order chi connectivity index (χ0) is 14.5. The van der Waals surface area contributed by atoms with E-state index in [4.69, 9.17) is 14.6 Å². The Kier molecular flexibility index (Phi) is 4.20. The summed E-state index contributed by atoms with van der Waals surface area (Å²) in [4.78, 5) is 22.7. The van der Waals surface area contributed by atoms with Gasteiger partial charge >= 0.3 is 11.9 Å². The van der Waals surface area contributed by atoms with Crippen molar-refractivity contribution in [1.29, 1.82) is 0 Å².